The Bertz CT molecular complexity index is 306. The van der Waals surface area contributed by atoms with Crippen LogP contribution in [0.15, 0.2) is 11.6 Å². The van der Waals surface area contributed by atoms with Crippen molar-refractivity contribution in [2.24, 2.45) is 0 Å². The Labute approximate surface area is 91.8 Å². The van der Waals surface area contributed by atoms with Gasteiger partial charge in [-0.2, -0.15) is 12.6 Å². The summed E-state index contributed by atoms with van der Waals surface area (Å²) < 4.78 is -0.641. The number of thiazole rings is 1. The highest BCUT2D eigenvalue weighted by molar-refractivity contribution is 7.81. The number of carbonyl (C=O) groups is 1. The lowest BCUT2D eigenvalue weighted by Gasteiger charge is -2.26. The van der Waals surface area contributed by atoms with Crippen LogP contribution in [0.4, 0.5) is 5.13 Å². The lowest BCUT2D eigenvalue weighted by atomic mass is 10.0. The molecule has 0 fully saturated rings. The third-order valence-corrected chi connectivity index (χ3v) is 2.62. The van der Waals surface area contributed by atoms with Gasteiger partial charge >= 0.3 is 5.97 Å². The van der Waals surface area contributed by atoms with Gasteiger partial charge in [0.25, 0.3) is 0 Å². The van der Waals surface area contributed by atoms with Gasteiger partial charge in [-0.25, -0.2) is 9.78 Å². The molecule has 1 aromatic heterocycles. The van der Waals surface area contributed by atoms with Crippen molar-refractivity contribution in [3.63, 3.8) is 0 Å². The molecule has 1 atom stereocenters. The topological polar surface area (TPSA) is 62.2 Å². The molecule has 14 heavy (non-hydrogen) atoms. The molecule has 0 saturated carbocycles. The van der Waals surface area contributed by atoms with E-state index in [1.807, 2.05) is 0 Å². The predicted octanol–water partition coefficient (Wildman–Crippen LogP) is 1.72. The number of hydrogen-bond donors (Lipinski definition) is 3. The Balaban J connectivity index is 2.76. The molecule has 0 radical (unpaired) electrons. The fourth-order valence-corrected chi connectivity index (χ4v) is 1.69. The summed E-state index contributed by atoms with van der Waals surface area (Å²) in [5.74, 6) is -0.930. The zero-order chi connectivity index (χ0) is 10.8. The van der Waals surface area contributed by atoms with Gasteiger partial charge in [0.2, 0.25) is 0 Å². The highest BCUT2D eigenvalue weighted by Crippen LogP contribution is 2.22. The molecule has 0 amide bonds. The summed E-state index contributed by atoms with van der Waals surface area (Å²) in [6.07, 6.45) is 1.62. The van der Waals surface area contributed by atoms with Crippen LogP contribution in [-0.2, 0) is 4.79 Å². The number of carboxylic acid groups (broad SMARTS) is 1. The van der Waals surface area contributed by atoms with E-state index in [-0.39, 0.29) is 0 Å². The molecular weight excluding hydrogens is 220 g/mol. The number of rotatable bonds is 4. The molecule has 4 nitrogen and oxygen atoms in total. The minimum absolute atomic E-state index is 0.597. The average molecular weight is 232 g/mol. The van der Waals surface area contributed by atoms with Crippen molar-refractivity contribution in [2.45, 2.75) is 24.6 Å². The Morgan fingerprint density at radius 2 is 2.43 bits per heavy atom. The molecule has 0 bridgehead atoms. The van der Waals surface area contributed by atoms with Gasteiger partial charge in [0.15, 0.2) is 5.13 Å². The van der Waals surface area contributed by atoms with Crippen molar-refractivity contribution < 1.29 is 9.90 Å². The quantitative estimate of drug-likeness (QED) is 0.692. The van der Waals surface area contributed by atoms with E-state index in [4.69, 9.17) is 5.11 Å². The Morgan fingerprint density at radius 3 is 2.79 bits per heavy atom. The molecule has 1 rings (SSSR count). The molecule has 1 aromatic rings. The number of nitrogens with one attached hydrogen (secondary N) is 1. The third-order valence-electron chi connectivity index (χ3n) is 1.65. The van der Waals surface area contributed by atoms with Crippen LogP contribution >= 0.6 is 24.0 Å². The largest absolute Gasteiger partial charge is 0.480 e. The summed E-state index contributed by atoms with van der Waals surface area (Å²) in [6.45, 7) is 3.49. The number of carboxylic acids is 1. The zero-order valence-electron chi connectivity index (χ0n) is 7.89. The van der Waals surface area contributed by atoms with Crippen molar-refractivity contribution in [2.75, 3.05) is 5.32 Å². The van der Waals surface area contributed by atoms with Gasteiger partial charge in [0.05, 0.1) is 0 Å². The SMILES string of the molecule is CC(C)(S)[C@@H](Nc1nccs1)C(=O)O. The standard InChI is InChI=1S/C8H12N2O2S2/c1-8(2,13)5(6(11)12)10-7-9-3-4-14-7/h3-5,13H,1-2H3,(H,9,10)(H,11,12)/t5-/m0/s1. The second-order valence-corrected chi connectivity index (χ2v) is 5.45. The maximum absolute atomic E-state index is 10.9. The van der Waals surface area contributed by atoms with Crippen LogP contribution in [0.25, 0.3) is 0 Å². The number of thiol groups is 1. The van der Waals surface area contributed by atoms with Crippen LogP contribution in [0.3, 0.4) is 0 Å². The van der Waals surface area contributed by atoms with E-state index < -0.39 is 16.8 Å². The van der Waals surface area contributed by atoms with Gasteiger partial charge in [0.1, 0.15) is 6.04 Å². The van der Waals surface area contributed by atoms with Gasteiger partial charge in [-0.05, 0) is 13.8 Å². The van der Waals surface area contributed by atoms with Crippen molar-refractivity contribution in [1.82, 2.24) is 4.98 Å². The Morgan fingerprint density at radius 1 is 1.79 bits per heavy atom. The van der Waals surface area contributed by atoms with E-state index in [1.54, 1.807) is 25.4 Å². The normalized spacial score (nSPS) is 13.6. The minimum Gasteiger partial charge on any atom is -0.480 e. The summed E-state index contributed by atoms with van der Waals surface area (Å²) in [6, 6.07) is -0.753. The van der Waals surface area contributed by atoms with Crippen molar-refractivity contribution in [1.29, 1.82) is 0 Å². The molecule has 0 aromatic carbocycles. The van der Waals surface area contributed by atoms with Crippen LogP contribution in [0.5, 0.6) is 0 Å². The molecule has 0 saturated heterocycles. The number of aromatic nitrogens is 1. The second-order valence-electron chi connectivity index (χ2n) is 3.41. The van der Waals surface area contributed by atoms with Crippen LogP contribution in [0.2, 0.25) is 0 Å². The van der Waals surface area contributed by atoms with Crippen molar-refractivity contribution in [3.05, 3.63) is 11.6 Å². The summed E-state index contributed by atoms with van der Waals surface area (Å²) in [5.41, 5.74) is 0. The van der Waals surface area contributed by atoms with E-state index in [9.17, 15) is 4.79 Å². The molecule has 2 N–H and O–H groups in total. The monoisotopic (exact) mass is 232 g/mol. The molecule has 78 valence electrons. The number of aliphatic carboxylic acids is 1. The predicted molar refractivity (Wildman–Crippen MR) is 60.2 cm³/mol. The maximum atomic E-state index is 10.9. The number of hydrogen-bond acceptors (Lipinski definition) is 5. The molecule has 0 unspecified atom stereocenters. The van der Waals surface area contributed by atoms with Crippen LogP contribution in [0.1, 0.15) is 13.8 Å². The molecular formula is C8H12N2O2S2. The molecule has 0 aliphatic carbocycles. The van der Waals surface area contributed by atoms with Crippen LogP contribution in [-0.4, -0.2) is 26.8 Å². The first kappa shape index (κ1) is 11.3. The smallest absolute Gasteiger partial charge is 0.327 e. The first-order chi connectivity index (χ1) is 6.41. The summed E-state index contributed by atoms with van der Waals surface area (Å²) in [5, 5.41) is 14.2. The lowest BCUT2D eigenvalue weighted by molar-refractivity contribution is -0.138. The fourth-order valence-electron chi connectivity index (χ4n) is 0.959. The number of nitrogens with zero attached hydrogens (tertiary/aromatic N) is 1. The maximum Gasteiger partial charge on any atom is 0.327 e. The van der Waals surface area contributed by atoms with Crippen LogP contribution in [0, 0.1) is 0 Å². The van der Waals surface area contributed by atoms with Gasteiger partial charge in [-0.1, -0.05) is 0 Å². The van der Waals surface area contributed by atoms with Gasteiger partial charge in [-0.15, -0.1) is 11.3 Å². The Hall–Kier alpha value is -0.750. The second kappa shape index (κ2) is 4.18. The number of anilines is 1. The first-order valence-corrected chi connectivity index (χ1v) is 5.35. The van der Waals surface area contributed by atoms with E-state index >= 15 is 0 Å². The summed E-state index contributed by atoms with van der Waals surface area (Å²) in [4.78, 5) is 14.9. The van der Waals surface area contributed by atoms with Crippen LogP contribution < -0.4 is 5.32 Å². The molecule has 0 aliphatic rings. The summed E-state index contributed by atoms with van der Waals surface area (Å²) in [7, 11) is 0. The minimum atomic E-state index is -0.930. The average Bonchev–Trinajstić information content (AvgIpc) is 2.48. The first-order valence-electron chi connectivity index (χ1n) is 4.02. The highest BCUT2D eigenvalue weighted by Gasteiger charge is 2.32. The molecule has 0 aliphatic heterocycles. The Kier molecular flexibility index (Phi) is 3.38. The van der Waals surface area contributed by atoms with Gasteiger partial charge in [0, 0.05) is 16.3 Å². The molecule has 1 heterocycles. The van der Waals surface area contributed by atoms with Crippen molar-refractivity contribution >= 4 is 35.1 Å². The van der Waals surface area contributed by atoms with E-state index in [0.29, 0.717) is 5.13 Å². The third kappa shape index (κ3) is 2.88. The van der Waals surface area contributed by atoms with E-state index in [0.717, 1.165) is 0 Å². The molecule has 6 heteroatoms. The lowest BCUT2D eigenvalue weighted by Crippen LogP contribution is -2.44. The van der Waals surface area contributed by atoms with E-state index in [1.165, 1.54) is 11.3 Å². The fraction of sp³-hybridized carbons (Fsp3) is 0.500. The van der Waals surface area contributed by atoms with Gasteiger partial charge in [-0.3, -0.25) is 0 Å². The zero-order valence-corrected chi connectivity index (χ0v) is 9.60. The van der Waals surface area contributed by atoms with Gasteiger partial charge < -0.3 is 10.4 Å². The van der Waals surface area contributed by atoms with Crippen molar-refractivity contribution in [3.8, 4) is 0 Å². The van der Waals surface area contributed by atoms with E-state index in [2.05, 4.69) is 22.9 Å². The molecule has 0 spiro atoms. The summed E-state index contributed by atoms with van der Waals surface area (Å²) >= 11 is 5.60. The highest BCUT2D eigenvalue weighted by atomic mass is 32.1.